The van der Waals surface area contributed by atoms with Crippen LogP contribution < -0.4 is 0 Å². The largest absolute Gasteiger partial charge is 0.462 e. The van der Waals surface area contributed by atoms with Crippen LogP contribution in [0.3, 0.4) is 0 Å². The van der Waals surface area contributed by atoms with E-state index in [-0.39, 0.29) is 31.1 Å². The summed E-state index contributed by atoms with van der Waals surface area (Å²) < 4.78 is 16.9. The molecule has 6 heteroatoms. The average molecular weight is 1030 g/mol. The molecule has 0 saturated heterocycles. The smallest absolute Gasteiger partial charge is 0.306 e. The molecule has 0 aliphatic carbocycles. The minimum Gasteiger partial charge on any atom is -0.462 e. The molecule has 0 N–H and O–H groups in total. The Bertz CT molecular complexity index is 1460. The molecule has 0 spiro atoms. The molecule has 6 nitrogen and oxygen atoms in total. The first-order chi connectivity index (χ1) is 36.5. The molecule has 0 fully saturated rings. The molecule has 0 amide bonds. The summed E-state index contributed by atoms with van der Waals surface area (Å²) in [5, 5.41) is 0. The number of rotatable bonds is 56. The first-order valence-corrected chi connectivity index (χ1v) is 31.2. The fraction of sp³-hybridized carbons (Fsp3) is 0.721. The van der Waals surface area contributed by atoms with Crippen LogP contribution in [0.15, 0.2) is 97.2 Å². The van der Waals surface area contributed by atoms with E-state index >= 15 is 0 Å². The quantitative estimate of drug-likeness (QED) is 0.0261. The summed E-state index contributed by atoms with van der Waals surface area (Å²) in [6.07, 6.45) is 82.5. The molecule has 424 valence electrons. The van der Waals surface area contributed by atoms with E-state index < -0.39 is 6.10 Å². The van der Waals surface area contributed by atoms with Gasteiger partial charge in [-0.3, -0.25) is 14.4 Å². The highest BCUT2D eigenvalue weighted by molar-refractivity contribution is 5.71. The normalized spacial score (nSPS) is 12.7. The lowest BCUT2D eigenvalue weighted by atomic mass is 10.1. The van der Waals surface area contributed by atoms with Gasteiger partial charge in [0.15, 0.2) is 6.10 Å². The van der Waals surface area contributed by atoms with Gasteiger partial charge in [-0.15, -0.1) is 0 Å². The van der Waals surface area contributed by atoms with E-state index in [1.54, 1.807) is 0 Å². The van der Waals surface area contributed by atoms with Gasteiger partial charge >= 0.3 is 17.9 Å². The second kappa shape index (κ2) is 61.9. The lowest BCUT2D eigenvalue weighted by Crippen LogP contribution is -2.30. The van der Waals surface area contributed by atoms with Crippen molar-refractivity contribution >= 4 is 17.9 Å². The van der Waals surface area contributed by atoms with Crippen molar-refractivity contribution in [2.24, 2.45) is 0 Å². The molecule has 1 atom stereocenters. The van der Waals surface area contributed by atoms with Gasteiger partial charge < -0.3 is 14.2 Å². The number of hydrogen-bond donors (Lipinski definition) is 0. The van der Waals surface area contributed by atoms with Crippen LogP contribution in [0.25, 0.3) is 0 Å². The molecule has 0 aliphatic rings. The molecule has 0 aromatic rings. The summed E-state index contributed by atoms with van der Waals surface area (Å²) in [6, 6.07) is 0. The molecule has 0 radical (unpaired) electrons. The van der Waals surface area contributed by atoms with E-state index in [0.717, 1.165) is 116 Å². The summed E-state index contributed by atoms with van der Waals surface area (Å²) >= 11 is 0. The molecule has 0 saturated carbocycles. The van der Waals surface area contributed by atoms with Gasteiger partial charge in [0, 0.05) is 19.3 Å². The molecule has 0 aromatic heterocycles. The van der Waals surface area contributed by atoms with E-state index in [0.29, 0.717) is 19.3 Å². The fourth-order valence-corrected chi connectivity index (χ4v) is 8.61. The Morgan fingerprint density at radius 1 is 0.284 bits per heavy atom. The van der Waals surface area contributed by atoms with Gasteiger partial charge in [-0.05, 0) is 122 Å². The molecule has 1 unspecified atom stereocenters. The second-order valence-electron chi connectivity index (χ2n) is 20.6. The van der Waals surface area contributed by atoms with Crippen molar-refractivity contribution in [1.82, 2.24) is 0 Å². The number of esters is 3. The topological polar surface area (TPSA) is 78.9 Å². The van der Waals surface area contributed by atoms with Crippen LogP contribution >= 0.6 is 0 Å². The second-order valence-corrected chi connectivity index (χ2v) is 20.6. The van der Waals surface area contributed by atoms with Gasteiger partial charge in [0.05, 0.1) is 0 Å². The zero-order valence-electron chi connectivity index (χ0n) is 48.6. The van der Waals surface area contributed by atoms with Gasteiger partial charge in [-0.25, -0.2) is 0 Å². The molecule has 0 bridgehead atoms. The summed E-state index contributed by atoms with van der Waals surface area (Å²) in [7, 11) is 0. The lowest BCUT2D eigenvalue weighted by molar-refractivity contribution is -0.167. The zero-order chi connectivity index (χ0) is 53.6. The van der Waals surface area contributed by atoms with Crippen LogP contribution in [0.4, 0.5) is 0 Å². The third kappa shape index (κ3) is 59.2. The number of unbranched alkanes of at least 4 members (excludes halogenated alkanes) is 29. The molecule has 74 heavy (non-hydrogen) atoms. The average Bonchev–Trinajstić information content (AvgIpc) is 3.40. The minimum atomic E-state index is -0.792. The molecule has 0 heterocycles. The Kier molecular flexibility index (Phi) is 58.8. The first kappa shape index (κ1) is 70.3. The van der Waals surface area contributed by atoms with Crippen LogP contribution in [-0.4, -0.2) is 37.2 Å². The third-order valence-corrected chi connectivity index (χ3v) is 13.3. The van der Waals surface area contributed by atoms with Gasteiger partial charge in [0.1, 0.15) is 13.2 Å². The summed E-state index contributed by atoms with van der Waals surface area (Å²) in [6.45, 7) is 6.50. The van der Waals surface area contributed by atoms with Crippen molar-refractivity contribution < 1.29 is 28.6 Å². The maximum absolute atomic E-state index is 12.9. The highest BCUT2D eigenvalue weighted by Crippen LogP contribution is 2.15. The van der Waals surface area contributed by atoms with Crippen LogP contribution in [0.2, 0.25) is 0 Å². The standard InChI is InChI=1S/C68H116O6/c1-4-7-10-13-16-19-22-25-28-30-32-33-34-35-36-38-40-43-46-49-52-55-58-61-67(70)73-64-65(63-72-66(69)60-57-54-51-48-45-42-39-27-24-21-18-15-12-9-6-3)74-68(71)62-59-56-53-50-47-44-41-37-31-29-26-23-20-17-14-11-8-5-2/h7,10,16,19-20,23,25,27-29,31-33,35-36,39,65H,4-6,8-9,11-15,17-18,21-22,24,26,30,34,37-38,40-64H2,1-3H3/b10-7-,19-16-,23-20-,28-25-,31-29-,33-32-,36-35-,39-27-. The maximum atomic E-state index is 12.9. The first-order valence-electron chi connectivity index (χ1n) is 31.2. The zero-order valence-corrected chi connectivity index (χ0v) is 48.6. The van der Waals surface area contributed by atoms with Crippen molar-refractivity contribution in [3.05, 3.63) is 97.2 Å². The monoisotopic (exact) mass is 1030 g/mol. The summed E-state index contributed by atoms with van der Waals surface area (Å²) in [5.74, 6) is -0.907. The van der Waals surface area contributed by atoms with Gasteiger partial charge in [0.25, 0.3) is 0 Å². The van der Waals surface area contributed by atoms with E-state index in [2.05, 4.69) is 118 Å². The Morgan fingerprint density at radius 2 is 0.527 bits per heavy atom. The molecule has 0 rings (SSSR count). The molecule has 0 aliphatic heterocycles. The van der Waals surface area contributed by atoms with E-state index in [9.17, 15) is 14.4 Å². The number of carbonyl (C=O) groups excluding carboxylic acids is 3. The molecule has 0 aromatic carbocycles. The van der Waals surface area contributed by atoms with Crippen molar-refractivity contribution in [2.45, 2.75) is 303 Å². The predicted octanol–water partition coefficient (Wildman–Crippen LogP) is 21.3. The van der Waals surface area contributed by atoms with Gasteiger partial charge in [0.2, 0.25) is 0 Å². The highest BCUT2D eigenvalue weighted by atomic mass is 16.6. The van der Waals surface area contributed by atoms with Crippen molar-refractivity contribution in [3.63, 3.8) is 0 Å². The number of hydrogen-bond acceptors (Lipinski definition) is 6. The third-order valence-electron chi connectivity index (χ3n) is 13.3. The Balaban J connectivity index is 4.41. The molecular weight excluding hydrogens is 913 g/mol. The summed E-state index contributed by atoms with van der Waals surface area (Å²) in [4.78, 5) is 38.3. The number of ether oxygens (including phenoxy) is 3. The summed E-state index contributed by atoms with van der Waals surface area (Å²) in [5.41, 5.74) is 0. The Labute approximate surface area is 457 Å². The number of allylic oxidation sites excluding steroid dienone is 16. The van der Waals surface area contributed by atoms with Crippen molar-refractivity contribution in [3.8, 4) is 0 Å². The van der Waals surface area contributed by atoms with Crippen LogP contribution in [0.5, 0.6) is 0 Å². The predicted molar refractivity (Wildman–Crippen MR) is 320 cm³/mol. The van der Waals surface area contributed by atoms with Crippen molar-refractivity contribution in [2.75, 3.05) is 13.2 Å². The van der Waals surface area contributed by atoms with E-state index in [1.807, 2.05) is 0 Å². The minimum absolute atomic E-state index is 0.0883. The van der Waals surface area contributed by atoms with E-state index in [1.165, 1.54) is 141 Å². The fourth-order valence-electron chi connectivity index (χ4n) is 8.61. The Morgan fingerprint density at radius 3 is 0.851 bits per heavy atom. The van der Waals surface area contributed by atoms with E-state index in [4.69, 9.17) is 14.2 Å². The van der Waals surface area contributed by atoms with Gasteiger partial charge in [-0.1, -0.05) is 253 Å². The van der Waals surface area contributed by atoms with Crippen molar-refractivity contribution in [1.29, 1.82) is 0 Å². The maximum Gasteiger partial charge on any atom is 0.306 e. The number of carbonyl (C=O) groups is 3. The van der Waals surface area contributed by atoms with Crippen LogP contribution in [-0.2, 0) is 28.6 Å². The SMILES string of the molecule is CC/C=C\C/C=C\C/C=C\C/C=C\C/C=C\CCCCCCCCCC(=O)OCC(COC(=O)CCCCCCC/C=C\CCCCCCCC)OC(=O)CCCCCCCCC/C=C\C/C=C\CCCCCC. The highest BCUT2D eigenvalue weighted by Gasteiger charge is 2.19. The molecular formula is C68H116O6. The van der Waals surface area contributed by atoms with Crippen LogP contribution in [0, 0.1) is 0 Å². The van der Waals surface area contributed by atoms with Crippen LogP contribution in [0.1, 0.15) is 297 Å². The lowest BCUT2D eigenvalue weighted by Gasteiger charge is -2.18. The van der Waals surface area contributed by atoms with Gasteiger partial charge in [-0.2, -0.15) is 0 Å². The Hall–Kier alpha value is -3.67.